The molecule has 0 nitrogen and oxygen atoms in total. The van der Waals surface area contributed by atoms with Gasteiger partial charge in [0.15, 0.2) is 0 Å². The molecule has 0 saturated carbocycles. The quantitative estimate of drug-likeness (QED) is 0.333. The van der Waals surface area contributed by atoms with Crippen LogP contribution < -0.4 is 0 Å². The van der Waals surface area contributed by atoms with E-state index in [-0.39, 0.29) is 0 Å². The molecule has 3 atom stereocenters. The van der Waals surface area contributed by atoms with Crippen molar-refractivity contribution in [2.75, 3.05) is 0 Å². The molecule has 0 aliphatic heterocycles. The molecule has 0 aliphatic rings. The van der Waals surface area contributed by atoms with Crippen LogP contribution in [0, 0.1) is 17.8 Å². The maximum atomic E-state index is 2.44. The summed E-state index contributed by atoms with van der Waals surface area (Å²) >= 11 is 0. The van der Waals surface area contributed by atoms with Crippen molar-refractivity contribution in [3.8, 4) is 0 Å². The number of allylic oxidation sites excluding steroid dienone is 2. The Hall–Kier alpha value is -0.260. The lowest BCUT2D eigenvalue weighted by Crippen LogP contribution is -2.05. The Kier molecular flexibility index (Phi) is 12.6. The van der Waals surface area contributed by atoms with Crippen molar-refractivity contribution in [2.24, 2.45) is 17.8 Å². The molecule has 0 rings (SSSR count). The van der Waals surface area contributed by atoms with Crippen molar-refractivity contribution in [3.63, 3.8) is 0 Å². The topological polar surface area (TPSA) is 0 Å². The van der Waals surface area contributed by atoms with Gasteiger partial charge in [-0.25, -0.2) is 0 Å². The van der Waals surface area contributed by atoms with Gasteiger partial charge in [0.05, 0.1) is 0 Å². The van der Waals surface area contributed by atoms with Gasteiger partial charge >= 0.3 is 0 Å². The van der Waals surface area contributed by atoms with E-state index >= 15 is 0 Å². The molecule has 0 aromatic rings. The lowest BCUT2D eigenvalue weighted by atomic mass is 9.88. The van der Waals surface area contributed by atoms with Gasteiger partial charge in [-0.3, -0.25) is 0 Å². The Labute approximate surface area is 123 Å². The summed E-state index contributed by atoms with van der Waals surface area (Å²) in [6.07, 6.45) is 17.0. The largest absolute Gasteiger partial charge is 0.0885 e. The smallest absolute Gasteiger partial charge is 0.0325 e. The van der Waals surface area contributed by atoms with Gasteiger partial charge in [0, 0.05) is 0 Å². The first-order chi connectivity index (χ1) is 9.13. The first-order valence-electron chi connectivity index (χ1n) is 8.78. The fourth-order valence-corrected chi connectivity index (χ4v) is 3.02. The lowest BCUT2D eigenvalue weighted by molar-refractivity contribution is 0.346. The summed E-state index contributed by atoms with van der Waals surface area (Å²) in [7, 11) is 0. The molecular weight excluding hydrogens is 228 g/mol. The molecule has 114 valence electrons. The highest BCUT2D eigenvalue weighted by Crippen LogP contribution is 2.23. The van der Waals surface area contributed by atoms with Gasteiger partial charge in [0.2, 0.25) is 0 Å². The second-order valence-electron chi connectivity index (χ2n) is 6.58. The molecule has 0 spiro atoms. The van der Waals surface area contributed by atoms with Gasteiger partial charge in [-0.15, -0.1) is 0 Å². The highest BCUT2D eigenvalue weighted by Gasteiger charge is 2.10. The van der Waals surface area contributed by atoms with E-state index in [2.05, 4.69) is 46.8 Å². The average molecular weight is 267 g/mol. The van der Waals surface area contributed by atoms with Crippen molar-refractivity contribution in [3.05, 3.63) is 12.2 Å². The second kappa shape index (κ2) is 12.8. The zero-order chi connectivity index (χ0) is 14.5. The predicted octanol–water partition coefficient (Wildman–Crippen LogP) is 7.00. The van der Waals surface area contributed by atoms with E-state index in [4.69, 9.17) is 0 Å². The summed E-state index contributed by atoms with van der Waals surface area (Å²) in [6, 6.07) is 0. The third-order valence-corrected chi connectivity index (χ3v) is 4.32. The van der Waals surface area contributed by atoms with Crippen LogP contribution in [0.25, 0.3) is 0 Å². The van der Waals surface area contributed by atoms with E-state index in [0.717, 1.165) is 17.8 Å². The standard InChI is InChI=1S/C19H38/c1-6-12-17(4)14-10-9-11-15-18(5)16-19(8-3)13-7-2/h9-10,17-19H,6-8,11-16H2,1-5H3. The van der Waals surface area contributed by atoms with Gasteiger partial charge in [-0.05, 0) is 43.4 Å². The highest BCUT2D eigenvalue weighted by molar-refractivity contribution is 4.83. The summed E-state index contributed by atoms with van der Waals surface area (Å²) in [5.41, 5.74) is 0. The molecule has 0 aromatic heterocycles. The first kappa shape index (κ1) is 18.7. The van der Waals surface area contributed by atoms with Crippen molar-refractivity contribution >= 4 is 0 Å². The van der Waals surface area contributed by atoms with E-state index in [1.54, 1.807) is 0 Å². The number of hydrogen-bond acceptors (Lipinski definition) is 0. The van der Waals surface area contributed by atoms with E-state index < -0.39 is 0 Å². The van der Waals surface area contributed by atoms with Gasteiger partial charge in [-0.1, -0.05) is 78.9 Å². The molecule has 0 aromatic carbocycles. The van der Waals surface area contributed by atoms with Crippen molar-refractivity contribution < 1.29 is 0 Å². The van der Waals surface area contributed by atoms with Crippen LogP contribution in [0.3, 0.4) is 0 Å². The molecule has 0 amide bonds. The Morgan fingerprint density at radius 1 is 0.789 bits per heavy atom. The fourth-order valence-electron chi connectivity index (χ4n) is 3.02. The summed E-state index contributed by atoms with van der Waals surface area (Å²) in [5, 5.41) is 0. The minimum absolute atomic E-state index is 0.868. The Balaban J connectivity index is 3.66. The van der Waals surface area contributed by atoms with Gasteiger partial charge in [0.1, 0.15) is 0 Å². The van der Waals surface area contributed by atoms with Crippen molar-refractivity contribution in [2.45, 2.75) is 92.4 Å². The first-order valence-corrected chi connectivity index (χ1v) is 8.78. The van der Waals surface area contributed by atoms with Crippen LogP contribution in [0.2, 0.25) is 0 Å². The molecule has 0 bridgehead atoms. The molecule has 0 N–H and O–H groups in total. The van der Waals surface area contributed by atoms with E-state index in [1.165, 1.54) is 57.8 Å². The SMILES string of the molecule is CCCC(C)CC=CCCC(C)CC(CC)CCC. The molecule has 0 aliphatic carbocycles. The summed E-state index contributed by atoms with van der Waals surface area (Å²) < 4.78 is 0. The van der Waals surface area contributed by atoms with Crippen LogP contribution in [0.15, 0.2) is 12.2 Å². The molecule has 0 heteroatoms. The molecule has 3 unspecified atom stereocenters. The molecule has 0 radical (unpaired) electrons. The summed E-state index contributed by atoms with van der Waals surface area (Å²) in [5.74, 6) is 2.73. The van der Waals surface area contributed by atoms with Crippen LogP contribution in [0.4, 0.5) is 0 Å². The minimum Gasteiger partial charge on any atom is -0.0885 e. The second-order valence-corrected chi connectivity index (χ2v) is 6.58. The zero-order valence-corrected chi connectivity index (χ0v) is 14.3. The molecular formula is C19H38. The maximum absolute atomic E-state index is 2.44. The average Bonchev–Trinajstić information content (AvgIpc) is 2.38. The van der Waals surface area contributed by atoms with E-state index in [0.29, 0.717) is 0 Å². The Bertz CT molecular complexity index is 204. The molecule has 0 heterocycles. The summed E-state index contributed by atoms with van der Waals surface area (Å²) in [4.78, 5) is 0. The molecule has 19 heavy (non-hydrogen) atoms. The lowest BCUT2D eigenvalue weighted by Gasteiger charge is -2.18. The van der Waals surface area contributed by atoms with Gasteiger partial charge < -0.3 is 0 Å². The van der Waals surface area contributed by atoms with Crippen LogP contribution in [-0.4, -0.2) is 0 Å². The third kappa shape index (κ3) is 11.3. The monoisotopic (exact) mass is 266 g/mol. The minimum atomic E-state index is 0.868. The third-order valence-electron chi connectivity index (χ3n) is 4.32. The van der Waals surface area contributed by atoms with E-state index in [1.807, 2.05) is 0 Å². The van der Waals surface area contributed by atoms with Gasteiger partial charge in [0.25, 0.3) is 0 Å². The van der Waals surface area contributed by atoms with Crippen LogP contribution >= 0.6 is 0 Å². The van der Waals surface area contributed by atoms with Crippen LogP contribution in [0.1, 0.15) is 92.4 Å². The number of hydrogen-bond donors (Lipinski definition) is 0. The Morgan fingerprint density at radius 3 is 2.05 bits per heavy atom. The fraction of sp³-hybridized carbons (Fsp3) is 0.895. The normalized spacial score (nSPS) is 16.7. The van der Waals surface area contributed by atoms with Crippen molar-refractivity contribution in [1.29, 1.82) is 0 Å². The van der Waals surface area contributed by atoms with Crippen molar-refractivity contribution in [1.82, 2.24) is 0 Å². The zero-order valence-electron chi connectivity index (χ0n) is 14.3. The Morgan fingerprint density at radius 2 is 1.47 bits per heavy atom. The number of rotatable bonds is 12. The summed E-state index contributed by atoms with van der Waals surface area (Å²) in [6.45, 7) is 11.7. The predicted molar refractivity (Wildman–Crippen MR) is 89.5 cm³/mol. The molecule has 0 fully saturated rings. The highest BCUT2D eigenvalue weighted by atomic mass is 14.2. The van der Waals surface area contributed by atoms with Crippen LogP contribution in [0.5, 0.6) is 0 Å². The van der Waals surface area contributed by atoms with E-state index in [9.17, 15) is 0 Å². The molecule has 0 saturated heterocycles. The van der Waals surface area contributed by atoms with Crippen LogP contribution in [-0.2, 0) is 0 Å². The maximum Gasteiger partial charge on any atom is -0.0325 e. The van der Waals surface area contributed by atoms with Gasteiger partial charge in [-0.2, -0.15) is 0 Å².